The maximum absolute atomic E-state index is 13.2. The van der Waals surface area contributed by atoms with Gasteiger partial charge in [-0.15, -0.1) is 0 Å². The molecule has 0 atom stereocenters. The third-order valence-electron chi connectivity index (χ3n) is 8.63. The predicted octanol–water partition coefficient (Wildman–Crippen LogP) is 5.51. The molecular formula is C40H38N8O8S2. The highest BCUT2D eigenvalue weighted by molar-refractivity contribution is 7.89. The van der Waals surface area contributed by atoms with Crippen LogP contribution in [0, 0.1) is 45.3 Å². The molecule has 4 aromatic rings. The van der Waals surface area contributed by atoms with Crippen molar-refractivity contribution in [3.8, 4) is 46.9 Å². The van der Waals surface area contributed by atoms with Crippen molar-refractivity contribution in [3.05, 3.63) is 96.1 Å². The molecular weight excluding hydrogens is 785 g/mol. The zero-order chi connectivity index (χ0) is 42.3. The Kier molecular flexibility index (Phi) is 15.4. The van der Waals surface area contributed by atoms with Crippen LogP contribution in [0.15, 0.2) is 94.7 Å². The molecule has 4 aromatic carbocycles. The molecule has 0 aliphatic rings. The van der Waals surface area contributed by atoms with E-state index in [0.29, 0.717) is 34.0 Å². The molecule has 0 saturated heterocycles. The molecule has 298 valence electrons. The van der Waals surface area contributed by atoms with Gasteiger partial charge in [0.25, 0.3) is 11.8 Å². The first-order valence-corrected chi connectivity index (χ1v) is 20.4. The minimum atomic E-state index is -4.01. The molecule has 0 bridgehead atoms. The number of carbonyl (C=O) groups excluding carboxylic acids is 2. The lowest BCUT2D eigenvalue weighted by atomic mass is 10.0. The van der Waals surface area contributed by atoms with Gasteiger partial charge in [0.2, 0.25) is 20.0 Å². The Morgan fingerprint density at radius 1 is 0.534 bits per heavy atom. The molecule has 4 rings (SSSR count). The molecule has 18 heteroatoms. The maximum Gasteiger partial charge on any atom is 0.255 e. The average Bonchev–Trinajstić information content (AvgIpc) is 3.23. The van der Waals surface area contributed by atoms with Crippen LogP contribution in [-0.2, 0) is 20.0 Å². The predicted molar refractivity (Wildman–Crippen MR) is 212 cm³/mol. The minimum Gasteiger partial charge on any atom is -0.495 e. The normalized spacial score (nSPS) is 11.1. The van der Waals surface area contributed by atoms with Gasteiger partial charge in [-0.05, 0) is 83.9 Å². The standard InChI is InChI=1S/C40H38N8O8S2/c1-55-37-27-31(11-17-35(37)45-39(49)29-7-13-33(14-8-29)57(51,52)47(23-3-19-41)24-4-20-42)32-12-18-36(38(28-32)56-2)46-40(50)30-9-15-34(16-10-30)58(53,54)48(25-5-21-43)26-6-22-44/h7-18,27-28H,3-6,23-26H2,1-2H3,(H,45,49)(H,46,50). The first kappa shape index (κ1) is 43.9. The van der Waals surface area contributed by atoms with Crippen LogP contribution in [0.5, 0.6) is 11.5 Å². The van der Waals surface area contributed by atoms with E-state index < -0.39 is 31.9 Å². The van der Waals surface area contributed by atoms with Crippen molar-refractivity contribution in [1.29, 1.82) is 21.0 Å². The van der Waals surface area contributed by atoms with Gasteiger partial charge in [-0.2, -0.15) is 29.7 Å². The van der Waals surface area contributed by atoms with E-state index in [2.05, 4.69) is 10.6 Å². The number of nitriles is 4. The third kappa shape index (κ3) is 10.7. The van der Waals surface area contributed by atoms with E-state index in [1.807, 2.05) is 24.3 Å². The summed E-state index contributed by atoms with van der Waals surface area (Å²) in [6.07, 6.45) is -0.177. The molecule has 0 aliphatic heterocycles. The van der Waals surface area contributed by atoms with E-state index in [1.54, 1.807) is 36.4 Å². The summed E-state index contributed by atoms with van der Waals surface area (Å²) in [7, 11) is -5.16. The Hall–Kier alpha value is -6.80. The van der Waals surface area contributed by atoms with Gasteiger partial charge in [0.1, 0.15) is 11.5 Å². The second kappa shape index (κ2) is 20.4. The van der Waals surface area contributed by atoms with Crippen LogP contribution in [0.25, 0.3) is 11.1 Å². The topological polar surface area (TPSA) is 247 Å². The summed E-state index contributed by atoms with van der Waals surface area (Å²) in [4.78, 5) is 26.2. The number of rotatable bonds is 19. The van der Waals surface area contributed by atoms with Crippen molar-refractivity contribution < 1.29 is 35.9 Å². The number of methoxy groups -OCH3 is 2. The van der Waals surface area contributed by atoms with Crippen molar-refractivity contribution in [2.45, 2.75) is 35.5 Å². The molecule has 0 aliphatic carbocycles. The summed E-state index contributed by atoms with van der Waals surface area (Å²) in [5, 5.41) is 41.2. The van der Waals surface area contributed by atoms with E-state index in [9.17, 15) is 26.4 Å². The molecule has 0 fully saturated rings. The number of nitrogens with one attached hydrogen (secondary N) is 2. The second-order valence-corrected chi connectivity index (χ2v) is 16.1. The van der Waals surface area contributed by atoms with Crippen molar-refractivity contribution in [2.75, 3.05) is 51.0 Å². The minimum absolute atomic E-state index is 0.0442. The van der Waals surface area contributed by atoms with E-state index in [1.165, 1.54) is 62.8 Å². The molecule has 58 heavy (non-hydrogen) atoms. The van der Waals surface area contributed by atoms with Gasteiger partial charge >= 0.3 is 0 Å². The fourth-order valence-electron chi connectivity index (χ4n) is 5.59. The van der Waals surface area contributed by atoms with Crippen molar-refractivity contribution >= 4 is 43.2 Å². The van der Waals surface area contributed by atoms with Crippen LogP contribution in [0.2, 0.25) is 0 Å². The van der Waals surface area contributed by atoms with Crippen LogP contribution in [0.3, 0.4) is 0 Å². The quantitative estimate of drug-likeness (QED) is 0.119. The largest absolute Gasteiger partial charge is 0.495 e. The van der Waals surface area contributed by atoms with Gasteiger partial charge in [0, 0.05) is 63.0 Å². The number of nitrogens with zero attached hydrogens (tertiary/aromatic N) is 6. The molecule has 0 spiro atoms. The van der Waals surface area contributed by atoms with Crippen LogP contribution >= 0.6 is 0 Å². The lowest BCUT2D eigenvalue weighted by molar-refractivity contribution is 0.101. The fourth-order valence-corrected chi connectivity index (χ4v) is 8.48. The number of anilines is 2. The van der Waals surface area contributed by atoms with Crippen LogP contribution in [0.4, 0.5) is 11.4 Å². The van der Waals surface area contributed by atoms with Gasteiger partial charge < -0.3 is 20.1 Å². The monoisotopic (exact) mass is 822 g/mol. The summed E-state index contributed by atoms with van der Waals surface area (Å²) in [5.41, 5.74) is 2.35. The summed E-state index contributed by atoms with van der Waals surface area (Å²) in [6.45, 7) is -0.286. The number of ether oxygens (including phenoxy) is 2. The zero-order valence-corrected chi connectivity index (χ0v) is 33.1. The first-order valence-electron chi connectivity index (χ1n) is 17.5. The van der Waals surface area contributed by atoms with E-state index in [0.717, 1.165) is 8.61 Å². The lowest BCUT2D eigenvalue weighted by Gasteiger charge is -2.20. The Morgan fingerprint density at radius 2 is 0.845 bits per heavy atom. The van der Waals surface area contributed by atoms with Crippen molar-refractivity contribution in [2.24, 2.45) is 0 Å². The van der Waals surface area contributed by atoms with Crippen LogP contribution in [0.1, 0.15) is 46.4 Å². The highest BCUT2D eigenvalue weighted by Crippen LogP contribution is 2.35. The van der Waals surface area contributed by atoms with Gasteiger partial charge in [-0.25, -0.2) is 16.8 Å². The highest BCUT2D eigenvalue weighted by atomic mass is 32.2. The molecule has 0 radical (unpaired) electrons. The Balaban J connectivity index is 1.47. The Labute approximate surface area is 337 Å². The van der Waals surface area contributed by atoms with E-state index in [4.69, 9.17) is 30.5 Å². The SMILES string of the molecule is COc1cc(-c2ccc(NC(=O)c3ccc(S(=O)(=O)N(CCC#N)CCC#N)cc3)c(OC)c2)ccc1NC(=O)c1ccc(S(=O)(=O)N(CCC#N)CCC#N)cc1. The lowest BCUT2D eigenvalue weighted by Crippen LogP contribution is -2.32. The molecule has 16 nitrogen and oxygen atoms in total. The highest BCUT2D eigenvalue weighted by Gasteiger charge is 2.26. The number of sulfonamides is 2. The van der Waals surface area contributed by atoms with E-state index >= 15 is 0 Å². The fraction of sp³-hybridized carbons (Fsp3) is 0.250. The van der Waals surface area contributed by atoms with Gasteiger partial charge in [0.05, 0.1) is 59.7 Å². The number of hydrogen-bond donors (Lipinski definition) is 2. The summed E-state index contributed by atoms with van der Waals surface area (Å²) in [5.74, 6) is -0.439. The Morgan fingerprint density at radius 3 is 1.12 bits per heavy atom. The second-order valence-electron chi connectivity index (χ2n) is 12.2. The van der Waals surface area contributed by atoms with Crippen molar-refractivity contribution in [1.82, 2.24) is 8.61 Å². The maximum atomic E-state index is 13.2. The van der Waals surface area contributed by atoms with E-state index in [-0.39, 0.29) is 72.8 Å². The zero-order valence-electron chi connectivity index (χ0n) is 31.5. The Bertz CT molecular complexity index is 2310. The van der Waals surface area contributed by atoms with Gasteiger partial charge in [-0.1, -0.05) is 12.1 Å². The molecule has 0 saturated carbocycles. The molecule has 0 aromatic heterocycles. The third-order valence-corrected chi connectivity index (χ3v) is 12.5. The number of hydrogen-bond acceptors (Lipinski definition) is 12. The average molecular weight is 823 g/mol. The number of benzene rings is 4. The van der Waals surface area contributed by atoms with Crippen molar-refractivity contribution in [3.63, 3.8) is 0 Å². The molecule has 2 N–H and O–H groups in total. The first-order chi connectivity index (χ1) is 27.8. The summed E-state index contributed by atoms with van der Waals surface area (Å²) >= 11 is 0. The molecule has 0 unspecified atom stereocenters. The number of carbonyl (C=O) groups is 2. The van der Waals surface area contributed by atoms with Gasteiger partial charge in [-0.3, -0.25) is 9.59 Å². The molecule has 2 amide bonds. The van der Waals surface area contributed by atoms with Gasteiger partial charge in [0.15, 0.2) is 0 Å². The number of amides is 2. The summed E-state index contributed by atoms with van der Waals surface area (Å²) in [6, 6.07) is 28.3. The van der Waals surface area contributed by atoms with Crippen LogP contribution in [-0.4, -0.2) is 77.7 Å². The van der Waals surface area contributed by atoms with Crippen LogP contribution < -0.4 is 20.1 Å². The summed E-state index contributed by atoms with van der Waals surface area (Å²) < 4.78 is 65.8. The smallest absolute Gasteiger partial charge is 0.255 e. The molecule has 0 heterocycles.